The molecule has 0 saturated carbocycles. The smallest absolute Gasteiger partial charge is 0.327 e. The van der Waals surface area contributed by atoms with E-state index in [0.717, 1.165) is 0 Å². The van der Waals surface area contributed by atoms with Crippen LogP contribution in [0.5, 0.6) is 0 Å². The second-order valence-corrected chi connectivity index (χ2v) is 6.16. The summed E-state index contributed by atoms with van der Waals surface area (Å²) in [6.45, 7) is -0.308. The highest BCUT2D eigenvalue weighted by atomic mass is 32.1. The minimum absolute atomic E-state index is 0.0235. The predicted molar refractivity (Wildman–Crippen MR) is 102 cm³/mol. The summed E-state index contributed by atoms with van der Waals surface area (Å²) in [7, 11) is 0. The van der Waals surface area contributed by atoms with Crippen molar-refractivity contribution >= 4 is 48.9 Å². The lowest BCUT2D eigenvalue weighted by Crippen LogP contribution is -2.57. The maximum Gasteiger partial charge on any atom is 0.327 e. The van der Waals surface area contributed by atoms with E-state index < -0.39 is 41.8 Å². The molecular weight excluding hydrogens is 396 g/mol. The van der Waals surface area contributed by atoms with Crippen LogP contribution in [0.25, 0.3) is 0 Å². The van der Waals surface area contributed by atoms with E-state index >= 15 is 0 Å². The number of aromatic amines is 1. The standard InChI is InChI=1S/C14H22N6O5S2/c15-2-11(21)18-9(4-26)13(23)19-8(1-7-3-16-6-17-7)12(22)20-10(5-27)14(24)25/h3,6,8-10,26-27H,1-2,4-5,15H2,(H,16,17)(H,18,21)(H,19,23)(H,20,22)(H,24,25). The van der Waals surface area contributed by atoms with Gasteiger partial charge in [-0.05, 0) is 0 Å². The van der Waals surface area contributed by atoms with Gasteiger partial charge in [0.1, 0.15) is 18.1 Å². The third kappa shape index (κ3) is 7.48. The summed E-state index contributed by atoms with van der Waals surface area (Å²) in [5.74, 6) is -3.35. The molecule has 1 aromatic heterocycles. The first-order valence-electron chi connectivity index (χ1n) is 7.84. The molecule has 0 aliphatic rings. The number of hydrogen-bond acceptors (Lipinski definition) is 8. The molecule has 0 aliphatic carbocycles. The van der Waals surface area contributed by atoms with Crippen molar-refractivity contribution < 1.29 is 24.3 Å². The molecule has 11 nitrogen and oxygen atoms in total. The number of amides is 3. The Bertz CT molecular complexity index is 656. The van der Waals surface area contributed by atoms with Gasteiger partial charge < -0.3 is 31.8 Å². The quantitative estimate of drug-likeness (QED) is 0.180. The summed E-state index contributed by atoms with van der Waals surface area (Å²) in [5, 5.41) is 16.2. The van der Waals surface area contributed by atoms with E-state index in [1.807, 2.05) is 0 Å². The average Bonchev–Trinajstić information content (AvgIpc) is 3.15. The van der Waals surface area contributed by atoms with Crippen LogP contribution in [-0.4, -0.2) is 74.9 Å². The molecular formula is C14H22N6O5S2. The normalized spacial score (nSPS) is 13.9. The van der Waals surface area contributed by atoms with Crippen LogP contribution in [0, 0.1) is 0 Å². The molecule has 3 atom stereocenters. The fourth-order valence-corrected chi connectivity index (χ4v) is 2.51. The molecule has 0 aromatic carbocycles. The summed E-state index contributed by atoms with van der Waals surface area (Å²) < 4.78 is 0. The van der Waals surface area contributed by atoms with Crippen molar-refractivity contribution in [3.8, 4) is 0 Å². The van der Waals surface area contributed by atoms with Gasteiger partial charge in [0.15, 0.2) is 0 Å². The van der Waals surface area contributed by atoms with Gasteiger partial charge in [-0.3, -0.25) is 14.4 Å². The van der Waals surface area contributed by atoms with E-state index in [0.29, 0.717) is 5.69 Å². The molecule has 13 heteroatoms. The highest BCUT2D eigenvalue weighted by molar-refractivity contribution is 7.80. The molecule has 150 valence electrons. The number of carbonyl (C=O) groups excluding carboxylic acids is 3. The first-order chi connectivity index (χ1) is 12.8. The Labute approximate surface area is 166 Å². The number of nitrogens with one attached hydrogen (secondary N) is 4. The summed E-state index contributed by atoms with van der Waals surface area (Å²) in [6.07, 6.45) is 2.89. The number of H-pyrrole nitrogens is 1. The highest BCUT2D eigenvalue weighted by Gasteiger charge is 2.29. The van der Waals surface area contributed by atoms with Gasteiger partial charge in [0.05, 0.1) is 12.9 Å². The number of hydrogen-bond donors (Lipinski definition) is 8. The van der Waals surface area contributed by atoms with Crippen LogP contribution in [0.4, 0.5) is 0 Å². The van der Waals surface area contributed by atoms with Crippen LogP contribution in [0.2, 0.25) is 0 Å². The molecule has 27 heavy (non-hydrogen) atoms. The van der Waals surface area contributed by atoms with Gasteiger partial charge >= 0.3 is 5.97 Å². The van der Waals surface area contributed by atoms with E-state index in [4.69, 9.17) is 10.8 Å². The molecule has 3 amide bonds. The first kappa shape index (κ1) is 22.8. The van der Waals surface area contributed by atoms with Gasteiger partial charge in [-0.2, -0.15) is 25.3 Å². The number of aromatic nitrogens is 2. The van der Waals surface area contributed by atoms with Crippen molar-refractivity contribution in [2.24, 2.45) is 5.73 Å². The van der Waals surface area contributed by atoms with Crippen molar-refractivity contribution in [1.82, 2.24) is 25.9 Å². The van der Waals surface area contributed by atoms with Gasteiger partial charge in [-0.1, -0.05) is 0 Å². The Kier molecular flexibility index (Phi) is 9.67. The molecule has 1 heterocycles. The topological polar surface area (TPSA) is 179 Å². The minimum atomic E-state index is -1.26. The number of carboxylic acid groups (broad SMARTS) is 1. The number of aliphatic carboxylic acids is 1. The molecule has 1 rings (SSSR count). The predicted octanol–water partition coefficient (Wildman–Crippen LogP) is -2.69. The van der Waals surface area contributed by atoms with E-state index in [1.165, 1.54) is 12.5 Å². The largest absolute Gasteiger partial charge is 0.480 e. The molecule has 7 N–H and O–H groups in total. The van der Waals surface area contributed by atoms with Crippen molar-refractivity contribution in [1.29, 1.82) is 0 Å². The van der Waals surface area contributed by atoms with Crippen molar-refractivity contribution in [2.45, 2.75) is 24.5 Å². The van der Waals surface area contributed by atoms with Crippen molar-refractivity contribution in [3.63, 3.8) is 0 Å². The molecule has 0 aliphatic heterocycles. The van der Waals surface area contributed by atoms with Crippen LogP contribution >= 0.6 is 25.3 Å². The zero-order valence-electron chi connectivity index (χ0n) is 14.2. The van der Waals surface area contributed by atoms with Gasteiger partial charge in [0.2, 0.25) is 17.7 Å². The molecule has 3 unspecified atom stereocenters. The first-order valence-corrected chi connectivity index (χ1v) is 9.10. The number of carboxylic acids is 1. The van der Waals surface area contributed by atoms with Gasteiger partial charge in [0, 0.05) is 29.8 Å². The van der Waals surface area contributed by atoms with E-state index in [9.17, 15) is 19.2 Å². The number of carbonyl (C=O) groups is 4. The molecule has 1 aromatic rings. The Morgan fingerprint density at radius 1 is 1.07 bits per heavy atom. The number of imidazole rings is 1. The Balaban J connectivity index is 2.90. The maximum absolute atomic E-state index is 12.5. The summed E-state index contributed by atoms with van der Waals surface area (Å²) >= 11 is 7.89. The Morgan fingerprint density at radius 2 is 1.67 bits per heavy atom. The number of thiol groups is 2. The maximum atomic E-state index is 12.5. The molecule has 0 saturated heterocycles. The Morgan fingerprint density at radius 3 is 2.15 bits per heavy atom. The second-order valence-electron chi connectivity index (χ2n) is 5.43. The van der Waals surface area contributed by atoms with Gasteiger partial charge in [-0.15, -0.1) is 0 Å². The average molecular weight is 419 g/mol. The Hall–Kier alpha value is -2.25. The molecule has 0 radical (unpaired) electrons. The lowest BCUT2D eigenvalue weighted by Gasteiger charge is -2.23. The number of rotatable bonds is 11. The molecule has 0 bridgehead atoms. The second kappa shape index (κ2) is 11.5. The highest BCUT2D eigenvalue weighted by Crippen LogP contribution is 2.02. The van der Waals surface area contributed by atoms with E-state index in [1.54, 1.807) is 0 Å². The van der Waals surface area contributed by atoms with Crippen molar-refractivity contribution in [3.05, 3.63) is 18.2 Å². The molecule has 0 spiro atoms. The van der Waals surface area contributed by atoms with Crippen molar-refractivity contribution in [2.75, 3.05) is 18.1 Å². The van der Waals surface area contributed by atoms with Crippen LogP contribution in [0.15, 0.2) is 12.5 Å². The van der Waals surface area contributed by atoms with Crippen LogP contribution in [0.1, 0.15) is 5.69 Å². The number of nitrogens with zero attached hydrogens (tertiary/aromatic N) is 1. The van der Waals surface area contributed by atoms with Gasteiger partial charge in [-0.25, -0.2) is 9.78 Å². The monoisotopic (exact) mass is 418 g/mol. The van der Waals surface area contributed by atoms with Crippen LogP contribution in [0.3, 0.4) is 0 Å². The van der Waals surface area contributed by atoms with E-state index in [-0.39, 0.29) is 24.5 Å². The number of nitrogens with two attached hydrogens (primary N) is 1. The van der Waals surface area contributed by atoms with Crippen LogP contribution in [-0.2, 0) is 25.6 Å². The fourth-order valence-electron chi connectivity index (χ4n) is 2.00. The molecule has 0 fully saturated rings. The van der Waals surface area contributed by atoms with E-state index in [2.05, 4.69) is 51.2 Å². The lowest BCUT2D eigenvalue weighted by atomic mass is 10.1. The summed E-state index contributed by atoms with van der Waals surface area (Å²) in [6, 6.07) is -3.35. The third-order valence-corrected chi connectivity index (χ3v) is 4.16. The zero-order valence-corrected chi connectivity index (χ0v) is 16.0. The minimum Gasteiger partial charge on any atom is -0.480 e. The zero-order chi connectivity index (χ0) is 20.4. The fraction of sp³-hybridized carbons (Fsp3) is 0.500. The third-order valence-electron chi connectivity index (χ3n) is 3.43. The SMILES string of the molecule is NCC(=O)NC(CS)C(=O)NC(Cc1cnc[nH]1)C(=O)NC(CS)C(=O)O. The van der Waals surface area contributed by atoms with Gasteiger partial charge in [0.25, 0.3) is 0 Å². The van der Waals surface area contributed by atoms with Crippen LogP contribution < -0.4 is 21.7 Å². The summed E-state index contributed by atoms with van der Waals surface area (Å²) in [4.78, 5) is 54.0. The lowest BCUT2D eigenvalue weighted by molar-refractivity contribution is -0.141. The summed E-state index contributed by atoms with van der Waals surface area (Å²) in [5.41, 5.74) is 5.75.